The van der Waals surface area contributed by atoms with Gasteiger partial charge >= 0.3 is 6.18 Å². The average Bonchev–Trinajstić information content (AvgIpc) is 4.09. The van der Waals surface area contributed by atoms with E-state index in [4.69, 9.17) is 19.9 Å². The zero-order chi connectivity index (χ0) is 42.6. The number of halogens is 3. The number of amides is 4. The van der Waals surface area contributed by atoms with Crippen LogP contribution in [0.3, 0.4) is 0 Å². The van der Waals surface area contributed by atoms with Crippen LogP contribution in [-0.2, 0) is 31.5 Å². The van der Waals surface area contributed by atoms with Crippen molar-refractivity contribution in [2.45, 2.75) is 94.3 Å². The van der Waals surface area contributed by atoms with Crippen LogP contribution in [-0.4, -0.2) is 102 Å². The number of benzene rings is 1. The van der Waals surface area contributed by atoms with E-state index in [0.29, 0.717) is 55.2 Å². The molecule has 5 atom stereocenters. The van der Waals surface area contributed by atoms with Crippen LogP contribution in [0.5, 0.6) is 17.4 Å². The first-order valence-electron chi connectivity index (χ1n) is 19.4. The standard InChI is InChI=1S/C39H48F3N7O9S/c1-22-31(56-3)14-13-26-32(19-33(45-34(22)26)57-21-39(40,41)42)58-24-18-30(35(43)50)49(20-24)38(53)29(44-37(52)28-15-16-48(2)46-28)10-8-6-4-5-7-9-23-17-27(23)36(51)47-59(54,55)25-11-12-25/h7,9,13-16,19,23-25,27,29-30H,4-6,8,10-12,17-18,20-21H2,1-3H3,(H2,43,50)(H,44,52)(H,47,51)/b9-7-/t23-,24-,27+,29+,30+/m1/s1. The summed E-state index contributed by atoms with van der Waals surface area (Å²) >= 11 is 0. The van der Waals surface area contributed by atoms with E-state index in [1.807, 2.05) is 12.2 Å². The van der Waals surface area contributed by atoms with Crippen LogP contribution in [0.15, 0.2) is 42.6 Å². The summed E-state index contributed by atoms with van der Waals surface area (Å²) in [6.07, 6.45) is 4.50. The first-order chi connectivity index (χ1) is 27.9. The third kappa shape index (κ3) is 11.0. The highest BCUT2D eigenvalue weighted by atomic mass is 32.2. The molecule has 0 bridgehead atoms. The van der Waals surface area contributed by atoms with Gasteiger partial charge in [-0.15, -0.1) is 0 Å². The number of primary amides is 1. The number of sulfonamides is 1. The summed E-state index contributed by atoms with van der Waals surface area (Å²) in [6.45, 7) is -0.0413. The number of hydrogen-bond acceptors (Lipinski definition) is 11. The number of carbonyl (C=O) groups is 4. The van der Waals surface area contributed by atoms with Crippen LogP contribution < -0.4 is 30.0 Å². The van der Waals surface area contributed by atoms with Gasteiger partial charge in [-0.3, -0.25) is 28.6 Å². The Morgan fingerprint density at radius 3 is 2.51 bits per heavy atom. The second-order valence-corrected chi connectivity index (χ2v) is 17.2. The van der Waals surface area contributed by atoms with Gasteiger partial charge in [0, 0.05) is 42.6 Å². The summed E-state index contributed by atoms with van der Waals surface area (Å²) in [5.74, 6) is -2.62. The molecule has 20 heteroatoms. The van der Waals surface area contributed by atoms with Crippen molar-refractivity contribution in [3.63, 3.8) is 0 Å². The van der Waals surface area contributed by atoms with Crippen LogP contribution in [0.4, 0.5) is 13.2 Å². The van der Waals surface area contributed by atoms with Crippen LogP contribution in [0.25, 0.3) is 10.9 Å². The maximum Gasteiger partial charge on any atom is 0.422 e. The predicted molar refractivity (Wildman–Crippen MR) is 207 cm³/mol. The van der Waals surface area contributed by atoms with Gasteiger partial charge in [0.25, 0.3) is 5.91 Å². The van der Waals surface area contributed by atoms with Gasteiger partial charge in [-0.1, -0.05) is 25.0 Å². The van der Waals surface area contributed by atoms with Crippen molar-refractivity contribution in [1.82, 2.24) is 29.7 Å². The van der Waals surface area contributed by atoms with Crippen LogP contribution in [0.1, 0.15) is 73.8 Å². The molecule has 6 rings (SSSR count). The minimum absolute atomic E-state index is 0.0191. The summed E-state index contributed by atoms with van der Waals surface area (Å²) in [4.78, 5) is 58.1. The first-order valence-corrected chi connectivity index (χ1v) is 21.0. The number of pyridine rings is 1. The van der Waals surface area contributed by atoms with E-state index in [0.717, 1.165) is 6.42 Å². The van der Waals surface area contributed by atoms with E-state index < -0.39 is 69.9 Å². The summed E-state index contributed by atoms with van der Waals surface area (Å²) < 4.78 is 83.7. The first kappa shape index (κ1) is 43.2. The lowest BCUT2D eigenvalue weighted by molar-refractivity contribution is -0.154. The number of alkyl halides is 3. The molecule has 3 aliphatic rings. The molecule has 3 fully saturated rings. The Kier molecular flexibility index (Phi) is 13.1. The Morgan fingerprint density at radius 2 is 1.85 bits per heavy atom. The molecule has 2 saturated carbocycles. The molecule has 2 aromatic heterocycles. The number of carbonyl (C=O) groups excluding carboxylic acids is 4. The van der Waals surface area contributed by atoms with Crippen molar-refractivity contribution in [3.8, 4) is 17.4 Å². The average molecular weight is 848 g/mol. The van der Waals surface area contributed by atoms with Crippen molar-refractivity contribution in [3.05, 3.63) is 53.9 Å². The lowest BCUT2D eigenvalue weighted by Gasteiger charge is -2.27. The molecule has 0 spiro atoms. The maximum absolute atomic E-state index is 14.2. The number of allylic oxidation sites excluding steroid dienone is 2. The van der Waals surface area contributed by atoms with E-state index in [1.54, 1.807) is 32.3 Å². The smallest absolute Gasteiger partial charge is 0.422 e. The zero-order valence-corrected chi connectivity index (χ0v) is 33.7. The van der Waals surface area contributed by atoms with Crippen molar-refractivity contribution in [2.24, 2.45) is 24.6 Å². The van der Waals surface area contributed by atoms with Crippen LogP contribution in [0.2, 0.25) is 0 Å². The molecule has 320 valence electrons. The molecule has 0 unspecified atom stereocenters. The number of nitrogens with zero attached hydrogens (tertiary/aromatic N) is 4. The molecule has 4 amide bonds. The molecule has 4 N–H and O–H groups in total. The number of methoxy groups -OCH3 is 1. The zero-order valence-electron chi connectivity index (χ0n) is 32.9. The molecule has 59 heavy (non-hydrogen) atoms. The lowest BCUT2D eigenvalue weighted by Crippen LogP contribution is -2.53. The van der Waals surface area contributed by atoms with Crippen molar-refractivity contribution in [2.75, 3.05) is 20.3 Å². The highest BCUT2D eigenvalue weighted by Crippen LogP contribution is 2.41. The monoisotopic (exact) mass is 847 g/mol. The number of rotatable bonds is 19. The third-order valence-electron chi connectivity index (χ3n) is 10.6. The molecule has 3 heterocycles. The van der Waals surface area contributed by atoms with E-state index in [1.165, 1.54) is 28.8 Å². The summed E-state index contributed by atoms with van der Waals surface area (Å²) in [6, 6.07) is 3.81. The van der Waals surface area contributed by atoms with Gasteiger partial charge in [0.1, 0.15) is 35.4 Å². The fourth-order valence-corrected chi connectivity index (χ4v) is 8.53. The Balaban J connectivity index is 1.10. The van der Waals surface area contributed by atoms with Gasteiger partial charge in [-0.05, 0) is 69.6 Å². The fraction of sp³-hybridized carbons (Fsp3) is 0.538. The van der Waals surface area contributed by atoms with Gasteiger partial charge in [0.05, 0.1) is 24.4 Å². The van der Waals surface area contributed by atoms with E-state index in [9.17, 15) is 40.8 Å². The Hall–Kier alpha value is -5.40. The van der Waals surface area contributed by atoms with Gasteiger partial charge in [-0.2, -0.15) is 18.3 Å². The molecule has 1 aliphatic heterocycles. The Bertz CT molecular complexity index is 2210. The second kappa shape index (κ2) is 17.8. The Labute approximate surface area is 339 Å². The summed E-state index contributed by atoms with van der Waals surface area (Å²) in [7, 11) is -0.498. The van der Waals surface area contributed by atoms with Gasteiger partial charge in [-0.25, -0.2) is 13.4 Å². The van der Waals surface area contributed by atoms with Gasteiger partial charge in [0.2, 0.25) is 33.6 Å². The van der Waals surface area contributed by atoms with E-state index in [-0.39, 0.29) is 54.1 Å². The van der Waals surface area contributed by atoms with Gasteiger partial charge < -0.3 is 30.2 Å². The van der Waals surface area contributed by atoms with E-state index >= 15 is 0 Å². The van der Waals surface area contributed by atoms with Crippen molar-refractivity contribution >= 4 is 44.6 Å². The van der Waals surface area contributed by atoms with Crippen LogP contribution in [0, 0.1) is 18.8 Å². The largest absolute Gasteiger partial charge is 0.496 e. The second-order valence-electron chi connectivity index (χ2n) is 15.2. The molecular weight excluding hydrogens is 800 g/mol. The predicted octanol–water partition coefficient (Wildman–Crippen LogP) is 3.61. The third-order valence-corrected chi connectivity index (χ3v) is 12.4. The maximum atomic E-state index is 14.2. The van der Waals surface area contributed by atoms with Crippen molar-refractivity contribution < 1.29 is 55.0 Å². The number of fused-ring (bicyclic) bond motifs is 1. The number of ether oxygens (including phenoxy) is 3. The highest BCUT2D eigenvalue weighted by molar-refractivity contribution is 7.90. The number of unbranched alkanes of at least 4 members (excludes halogenated alkanes) is 3. The number of aromatic nitrogens is 3. The summed E-state index contributed by atoms with van der Waals surface area (Å²) in [5.41, 5.74) is 6.66. The van der Waals surface area contributed by atoms with Crippen LogP contribution >= 0.6 is 0 Å². The molecule has 3 aromatic rings. The normalized spacial score (nSPS) is 21.0. The number of likely N-dealkylation sites (tertiary alicyclic amines) is 1. The molecule has 0 radical (unpaired) electrons. The molecule has 1 aromatic carbocycles. The number of nitrogens with two attached hydrogens (primary N) is 1. The topological polar surface area (TPSA) is 214 Å². The van der Waals surface area contributed by atoms with Gasteiger partial charge in [0.15, 0.2) is 6.61 Å². The minimum Gasteiger partial charge on any atom is -0.496 e. The number of aryl methyl sites for hydroxylation is 2. The van der Waals surface area contributed by atoms with Crippen molar-refractivity contribution in [1.29, 1.82) is 0 Å². The fourth-order valence-electron chi connectivity index (χ4n) is 7.17. The molecular formula is C39H48F3N7O9S. The van der Waals surface area contributed by atoms with E-state index in [2.05, 4.69) is 20.1 Å². The number of hydrogen-bond donors (Lipinski definition) is 3. The number of nitrogens with one attached hydrogen (secondary N) is 2. The lowest BCUT2D eigenvalue weighted by atomic mass is 10.0. The SMILES string of the molecule is COc1ccc2c(O[C@@H]3C[C@@H](C(N)=O)N(C(=O)[C@H](CCCCC/C=C\[C@@H]4C[C@@H]4C(=O)NS(=O)(=O)C4CC4)NC(=O)c4ccn(C)n4)C3)cc(OCC(F)(F)F)nc2c1C. The minimum atomic E-state index is -4.63. The molecule has 1 saturated heterocycles. The summed E-state index contributed by atoms with van der Waals surface area (Å²) in [5, 5.41) is 6.86. The molecule has 2 aliphatic carbocycles. The molecule has 16 nitrogen and oxygen atoms in total. The quantitative estimate of drug-likeness (QED) is 0.117. The highest BCUT2D eigenvalue weighted by Gasteiger charge is 2.45. The Morgan fingerprint density at radius 1 is 1.08 bits per heavy atom.